The van der Waals surface area contributed by atoms with E-state index >= 15 is 0 Å². The summed E-state index contributed by atoms with van der Waals surface area (Å²) in [7, 11) is 0. The maximum Gasteiger partial charge on any atom is 0.0681 e. The average Bonchev–Trinajstić information content (AvgIpc) is 2.69. The van der Waals surface area contributed by atoms with Crippen LogP contribution in [-0.4, -0.2) is 29.7 Å². The monoisotopic (exact) mass is 339 g/mol. The summed E-state index contributed by atoms with van der Waals surface area (Å²) in [5, 5.41) is 12.9. The van der Waals surface area contributed by atoms with Crippen molar-refractivity contribution in [2.75, 3.05) is 24.5 Å². The Morgan fingerprint density at radius 1 is 1.20 bits per heavy atom. The SMILES string of the molecule is CC(NCCC1CCN(c2ccncc2)CC1)c1cccc(CO)c1. The summed E-state index contributed by atoms with van der Waals surface area (Å²) in [4.78, 5) is 6.57. The lowest BCUT2D eigenvalue weighted by atomic mass is 9.93. The van der Waals surface area contributed by atoms with E-state index < -0.39 is 0 Å². The molecular weight excluding hydrogens is 310 g/mol. The van der Waals surface area contributed by atoms with E-state index in [2.05, 4.69) is 46.4 Å². The van der Waals surface area contributed by atoms with Crippen LogP contribution in [0.2, 0.25) is 0 Å². The van der Waals surface area contributed by atoms with Gasteiger partial charge >= 0.3 is 0 Å². The molecule has 1 atom stereocenters. The molecule has 134 valence electrons. The molecule has 2 aromatic rings. The number of nitrogens with one attached hydrogen (secondary N) is 1. The Hall–Kier alpha value is -1.91. The topological polar surface area (TPSA) is 48.4 Å². The zero-order valence-electron chi connectivity index (χ0n) is 15.1. The molecule has 25 heavy (non-hydrogen) atoms. The van der Waals surface area contributed by atoms with E-state index in [0.717, 1.165) is 31.1 Å². The number of aliphatic hydroxyl groups is 1. The fourth-order valence-corrected chi connectivity index (χ4v) is 3.62. The van der Waals surface area contributed by atoms with Crippen LogP contribution in [0, 0.1) is 5.92 Å². The predicted molar refractivity (Wildman–Crippen MR) is 103 cm³/mol. The van der Waals surface area contributed by atoms with Gasteiger partial charge in [0.25, 0.3) is 0 Å². The van der Waals surface area contributed by atoms with E-state index in [1.165, 1.54) is 30.5 Å². The molecule has 0 amide bonds. The van der Waals surface area contributed by atoms with Crippen LogP contribution in [0.25, 0.3) is 0 Å². The van der Waals surface area contributed by atoms with Gasteiger partial charge in [0.15, 0.2) is 0 Å². The molecule has 1 aromatic heterocycles. The van der Waals surface area contributed by atoms with E-state index in [1.54, 1.807) is 0 Å². The minimum Gasteiger partial charge on any atom is -0.392 e. The lowest BCUT2D eigenvalue weighted by molar-refractivity contribution is 0.281. The van der Waals surface area contributed by atoms with Crippen molar-refractivity contribution in [2.45, 2.75) is 38.8 Å². The van der Waals surface area contributed by atoms with Crippen LogP contribution in [0.15, 0.2) is 48.8 Å². The highest BCUT2D eigenvalue weighted by Gasteiger charge is 2.19. The number of hydrogen-bond donors (Lipinski definition) is 2. The number of nitrogens with zero attached hydrogens (tertiary/aromatic N) is 2. The van der Waals surface area contributed by atoms with E-state index in [4.69, 9.17) is 0 Å². The molecule has 4 heteroatoms. The van der Waals surface area contributed by atoms with Crippen LogP contribution in [0.1, 0.15) is 43.4 Å². The van der Waals surface area contributed by atoms with Crippen LogP contribution in [-0.2, 0) is 6.61 Å². The molecule has 1 aliphatic heterocycles. The van der Waals surface area contributed by atoms with Crippen LogP contribution in [0.5, 0.6) is 0 Å². The van der Waals surface area contributed by atoms with Crippen molar-refractivity contribution in [3.05, 3.63) is 59.9 Å². The van der Waals surface area contributed by atoms with E-state index in [0.29, 0.717) is 6.04 Å². The number of aliphatic hydroxyl groups excluding tert-OH is 1. The molecule has 1 saturated heterocycles. The minimum atomic E-state index is 0.108. The summed E-state index contributed by atoms with van der Waals surface area (Å²) in [6, 6.07) is 12.7. The van der Waals surface area contributed by atoms with Crippen molar-refractivity contribution in [1.29, 1.82) is 0 Å². The van der Waals surface area contributed by atoms with Gasteiger partial charge in [-0.15, -0.1) is 0 Å². The summed E-state index contributed by atoms with van der Waals surface area (Å²) in [6.07, 6.45) is 7.50. The van der Waals surface area contributed by atoms with Gasteiger partial charge in [-0.05, 0) is 61.9 Å². The van der Waals surface area contributed by atoms with Crippen molar-refractivity contribution in [1.82, 2.24) is 10.3 Å². The Morgan fingerprint density at radius 2 is 1.96 bits per heavy atom. The fraction of sp³-hybridized carbons (Fsp3) is 0.476. The zero-order chi connectivity index (χ0) is 17.5. The molecule has 1 fully saturated rings. The molecule has 0 saturated carbocycles. The van der Waals surface area contributed by atoms with E-state index in [1.807, 2.05) is 24.5 Å². The summed E-state index contributed by atoms with van der Waals surface area (Å²) < 4.78 is 0. The highest BCUT2D eigenvalue weighted by atomic mass is 16.3. The summed E-state index contributed by atoms with van der Waals surface area (Å²) in [5.74, 6) is 0.807. The Balaban J connectivity index is 1.40. The summed E-state index contributed by atoms with van der Waals surface area (Å²) in [6.45, 7) is 5.63. The minimum absolute atomic E-state index is 0.108. The van der Waals surface area contributed by atoms with Crippen molar-refractivity contribution < 1.29 is 5.11 Å². The molecule has 0 spiro atoms. The predicted octanol–water partition coefficient (Wildman–Crippen LogP) is 3.53. The van der Waals surface area contributed by atoms with Crippen LogP contribution in [0.3, 0.4) is 0 Å². The maximum atomic E-state index is 9.27. The Bertz CT molecular complexity index is 639. The summed E-state index contributed by atoms with van der Waals surface area (Å²) in [5.41, 5.74) is 3.53. The second-order valence-corrected chi connectivity index (χ2v) is 7.00. The number of anilines is 1. The first-order chi connectivity index (χ1) is 12.3. The van der Waals surface area contributed by atoms with Gasteiger partial charge in [0, 0.05) is 37.2 Å². The third-order valence-corrected chi connectivity index (χ3v) is 5.28. The van der Waals surface area contributed by atoms with Crippen LogP contribution >= 0.6 is 0 Å². The van der Waals surface area contributed by atoms with Gasteiger partial charge in [0.1, 0.15) is 0 Å². The standard InChI is InChI=1S/C21H29N3O/c1-17(20-4-2-3-19(15-20)16-25)23-12-5-18-8-13-24(14-9-18)21-6-10-22-11-7-21/h2-4,6-7,10-11,15,17-18,23,25H,5,8-9,12-14,16H2,1H3. The highest BCUT2D eigenvalue weighted by molar-refractivity contribution is 5.44. The Morgan fingerprint density at radius 3 is 2.68 bits per heavy atom. The largest absolute Gasteiger partial charge is 0.392 e. The van der Waals surface area contributed by atoms with Crippen molar-refractivity contribution in [3.8, 4) is 0 Å². The number of pyridine rings is 1. The number of benzene rings is 1. The number of hydrogen-bond acceptors (Lipinski definition) is 4. The molecule has 3 rings (SSSR count). The van der Waals surface area contributed by atoms with Crippen LogP contribution < -0.4 is 10.2 Å². The molecule has 1 aromatic carbocycles. The van der Waals surface area contributed by atoms with Gasteiger partial charge in [0.2, 0.25) is 0 Å². The van der Waals surface area contributed by atoms with Gasteiger partial charge < -0.3 is 15.3 Å². The first kappa shape index (κ1) is 17.9. The summed E-state index contributed by atoms with van der Waals surface area (Å²) >= 11 is 0. The quantitative estimate of drug-likeness (QED) is 0.810. The van der Waals surface area contributed by atoms with Gasteiger partial charge in [-0.25, -0.2) is 0 Å². The van der Waals surface area contributed by atoms with Gasteiger partial charge in [-0.2, -0.15) is 0 Å². The van der Waals surface area contributed by atoms with Gasteiger partial charge in [0.05, 0.1) is 6.61 Å². The van der Waals surface area contributed by atoms with Crippen molar-refractivity contribution in [3.63, 3.8) is 0 Å². The first-order valence-electron chi connectivity index (χ1n) is 9.34. The fourth-order valence-electron chi connectivity index (χ4n) is 3.62. The molecular formula is C21H29N3O. The molecule has 0 aliphatic carbocycles. The zero-order valence-corrected chi connectivity index (χ0v) is 15.1. The Labute approximate surface area is 150 Å². The molecule has 1 unspecified atom stereocenters. The van der Waals surface area contributed by atoms with Gasteiger partial charge in [-0.1, -0.05) is 24.3 Å². The lowest BCUT2D eigenvalue weighted by Gasteiger charge is -2.33. The third-order valence-electron chi connectivity index (χ3n) is 5.28. The second kappa shape index (κ2) is 8.97. The number of piperidine rings is 1. The molecule has 4 nitrogen and oxygen atoms in total. The molecule has 2 N–H and O–H groups in total. The van der Waals surface area contributed by atoms with Crippen molar-refractivity contribution >= 4 is 5.69 Å². The number of rotatable bonds is 7. The van der Waals surface area contributed by atoms with Crippen LogP contribution in [0.4, 0.5) is 5.69 Å². The lowest BCUT2D eigenvalue weighted by Crippen LogP contribution is -2.34. The number of aromatic nitrogens is 1. The smallest absolute Gasteiger partial charge is 0.0681 e. The molecule has 2 heterocycles. The molecule has 1 aliphatic rings. The maximum absolute atomic E-state index is 9.27. The van der Waals surface area contributed by atoms with Crippen molar-refractivity contribution in [2.24, 2.45) is 5.92 Å². The first-order valence-corrected chi connectivity index (χ1v) is 9.34. The third kappa shape index (κ3) is 5.03. The average molecular weight is 339 g/mol. The molecule has 0 radical (unpaired) electrons. The molecule has 0 bridgehead atoms. The normalized spacial score (nSPS) is 16.8. The second-order valence-electron chi connectivity index (χ2n) is 7.00. The highest BCUT2D eigenvalue weighted by Crippen LogP contribution is 2.24. The van der Waals surface area contributed by atoms with E-state index in [-0.39, 0.29) is 6.61 Å². The van der Waals surface area contributed by atoms with E-state index in [9.17, 15) is 5.11 Å². The van der Waals surface area contributed by atoms with Gasteiger partial charge in [-0.3, -0.25) is 4.98 Å². The Kier molecular flexibility index (Phi) is 6.42.